The van der Waals surface area contributed by atoms with Gasteiger partial charge in [-0.3, -0.25) is 4.79 Å². The number of anilines is 4. The molecule has 0 saturated carbocycles. The van der Waals surface area contributed by atoms with Crippen molar-refractivity contribution < 1.29 is 4.79 Å². The number of carbonyl (C=O) groups excluding carboxylic acids is 1. The highest BCUT2D eigenvalue weighted by Gasteiger charge is 2.18. The van der Waals surface area contributed by atoms with E-state index in [1.165, 1.54) is 23.1 Å². The van der Waals surface area contributed by atoms with E-state index in [2.05, 4.69) is 47.6 Å². The molecule has 4 heterocycles. The first kappa shape index (κ1) is 21.4. The predicted octanol–water partition coefficient (Wildman–Crippen LogP) is 5.16. The third-order valence-corrected chi connectivity index (χ3v) is 6.79. The third kappa shape index (κ3) is 4.17. The van der Waals surface area contributed by atoms with E-state index in [0.717, 1.165) is 41.3 Å². The summed E-state index contributed by atoms with van der Waals surface area (Å²) in [5.74, 6) is 1.62. The number of imidazole rings is 1. The zero-order valence-electron chi connectivity index (χ0n) is 18.1. The van der Waals surface area contributed by atoms with Crippen LogP contribution < -0.4 is 16.0 Å². The molecule has 33 heavy (non-hydrogen) atoms. The average Bonchev–Trinajstić information content (AvgIpc) is 3.39. The number of hydrogen-bond acceptors (Lipinski definition) is 7. The normalized spacial score (nSPS) is 12.5. The van der Waals surface area contributed by atoms with Crippen LogP contribution in [0.25, 0.3) is 11.4 Å². The molecular formula is C23H22ClN7OS. The Morgan fingerprint density at radius 2 is 2.12 bits per heavy atom. The van der Waals surface area contributed by atoms with E-state index >= 15 is 0 Å². The number of halogens is 1. The quantitative estimate of drug-likeness (QED) is 0.366. The minimum Gasteiger partial charge on any atom is -0.355 e. The lowest BCUT2D eigenvalue weighted by Gasteiger charge is -2.13. The van der Waals surface area contributed by atoms with E-state index < -0.39 is 0 Å². The molecule has 1 amide bonds. The van der Waals surface area contributed by atoms with Gasteiger partial charge in [-0.1, -0.05) is 17.7 Å². The second-order valence-electron chi connectivity index (χ2n) is 7.72. The number of aromatic nitrogens is 4. The Bertz CT molecular complexity index is 1350. The van der Waals surface area contributed by atoms with Gasteiger partial charge in [0.05, 0.1) is 17.4 Å². The van der Waals surface area contributed by atoms with Gasteiger partial charge in [0.1, 0.15) is 10.8 Å². The first-order chi connectivity index (χ1) is 16.0. The summed E-state index contributed by atoms with van der Waals surface area (Å²) in [5, 5.41) is 11.3. The first-order valence-electron chi connectivity index (χ1n) is 10.5. The van der Waals surface area contributed by atoms with Gasteiger partial charge in [-0.25, -0.2) is 9.97 Å². The summed E-state index contributed by atoms with van der Waals surface area (Å²) in [6.45, 7) is 2.90. The van der Waals surface area contributed by atoms with Gasteiger partial charge in [0.2, 0.25) is 5.95 Å². The lowest BCUT2D eigenvalue weighted by Crippen LogP contribution is -2.18. The second-order valence-corrected chi connectivity index (χ2v) is 9.21. The van der Waals surface area contributed by atoms with E-state index in [0.29, 0.717) is 28.0 Å². The maximum Gasteiger partial charge on any atom is 0.253 e. The summed E-state index contributed by atoms with van der Waals surface area (Å²) in [7, 11) is 1.60. The minimum atomic E-state index is -0.172. The van der Waals surface area contributed by atoms with Gasteiger partial charge >= 0.3 is 0 Å². The number of benzene rings is 1. The van der Waals surface area contributed by atoms with Crippen molar-refractivity contribution in [3.63, 3.8) is 0 Å². The van der Waals surface area contributed by atoms with E-state index in [9.17, 15) is 4.79 Å². The zero-order chi connectivity index (χ0) is 22.9. The summed E-state index contributed by atoms with van der Waals surface area (Å²) in [6, 6.07) is 6.23. The molecule has 0 spiro atoms. The van der Waals surface area contributed by atoms with Gasteiger partial charge in [-0.05, 0) is 37.5 Å². The maximum absolute atomic E-state index is 12.2. The summed E-state index contributed by atoms with van der Waals surface area (Å²) in [4.78, 5) is 26.6. The number of nitrogens with zero attached hydrogens (tertiary/aromatic N) is 4. The zero-order valence-corrected chi connectivity index (χ0v) is 19.7. The van der Waals surface area contributed by atoms with Gasteiger partial charge in [0.15, 0.2) is 5.82 Å². The Labute approximate surface area is 200 Å². The van der Waals surface area contributed by atoms with Crippen molar-refractivity contribution in [1.82, 2.24) is 24.8 Å². The van der Waals surface area contributed by atoms with Crippen molar-refractivity contribution in [3.05, 3.63) is 63.2 Å². The number of nitrogens with one attached hydrogen (secondary N) is 3. The molecule has 0 unspecified atom stereocenters. The van der Waals surface area contributed by atoms with Gasteiger partial charge < -0.3 is 20.5 Å². The highest BCUT2D eigenvalue weighted by atomic mass is 35.5. The van der Waals surface area contributed by atoms with Crippen molar-refractivity contribution in [2.75, 3.05) is 17.7 Å². The van der Waals surface area contributed by atoms with E-state index in [1.807, 2.05) is 30.8 Å². The van der Waals surface area contributed by atoms with Gasteiger partial charge in [-0.2, -0.15) is 4.98 Å². The molecule has 10 heteroatoms. The number of carbonyl (C=O) groups is 1. The Hall–Kier alpha value is -3.43. The molecule has 8 nitrogen and oxygen atoms in total. The standard InChI is InChI=1S/C23H22ClN7OS/c1-13-19(17(12-33-13)22(32)25-2)29-20-18(24)11-27-23(30-20)28-15-6-5-14-4-3-8-31-9-7-26-21(31)16(14)10-15/h5-7,9-12H,3-4,8H2,1-2H3,(H,25,32)(H2,27,28,29,30). The fourth-order valence-electron chi connectivity index (χ4n) is 3.93. The van der Waals surface area contributed by atoms with Crippen LogP contribution in [0.2, 0.25) is 5.02 Å². The molecule has 3 aromatic heterocycles. The molecule has 0 aliphatic carbocycles. The summed E-state index contributed by atoms with van der Waals surface area (Å²) >= 11 is 7.85. The molecule has 1 aromatic carbocycles. The van der Waals surface area contributed by atoms with Crippen LogP contribution in [-0.2, 0) is 13.0 Å². The van der Waals surface area contributed by atoms with Crippen LogP contribution in [0, 0.1) is 6.92 Å². The highest BCUT2D eigenvalue weighted by Crippen LogP contribution is 2.34. The van der Waals surface area contributed by atoms with Crippen LogP contribution in [0.3, 0.4) is 0 Å². The van der Waals surface area contributed by atoms with Crippen molar-refractivity contribution in [2.24, 2.45) is 0 Å². The Kier molecular flexibility index (Phi) is 5.74. The topological polar surface area (TPSA) is 96.8 Å². The van der Waals surface area contributed by atoms with Crippen molar-refractivity contribution in [1.29, 1.82) is 0 Å². The molecule has 3 N–H and O–H groups in total. The van der Waals surface area contributed by atoms with Crippen LogP contribution in [0.5, 0.6) is 0 Å². The maximum atomic E-state index is 12.2. The number of thiophene rings is 1. The number of aryl methyl sites for hydroxylation is 3. The smallest absolute Gasteiger partial charge is 0.253 e. The largest absolute Gasteiger partial charge is 0.355 e. The summed E-state index contributed by atoms with van der Waals surface area (Å²) in [6.07, 6.45) is 7.49. The van der Waals surface area contributed by atoms with E-state index in [1.54, 1.807) is 7.05 Å². The van der Waals surface area contributed by atoms with Crippen LogP contribution in [0.15, 0.2) is 42.2 Å². The van der Waals surface area contributed by atoms with Crippen molar-refractivity contribution in [2.45, 2.75) is 26.3 Å². The number of hydrogen-bond donors (Lipinski definition) is 3. The predicted molar refractivity (Wildman–Crippen MR) is 132 cm³/mol. The van der Waals surface area contributed by atoms with E-state index in [4.69, 9.17) is 11.6 Å². The van der Waals surface area contributed by atoms with E-state index in [-0.39, 0.29) is 5.91 Å². The molecule has 1 aliphatic rings. The molecule has 0 saturated heterocycles. The molecular weight excluding hydrogens is 458 g/mol. The third-order valence-electron chi connectivity index (χ3n) is 5.60. The monoisotopic (exact) mass is 479 g/mol. The summed E-state index contributed by atoms with van der Waals surface area (Å²) < 4.78 is 2.18. The fraction of sp³-hybridized carbons (Fsp3) is 0.217. The van der Waals surface area contributed by atoms with Gasteiger partial charge in [0.25, 0.3) is 5.91 Å². The number of amides is 1. The van der Waals surface area contributed by atoms with Crippen LogP contribution in [0.4, 0.5) is 23.1 Å². The molecule has 5 rings (SSSR count). The SMILES string of the molecule is CNC(=O)c1csc(C)c1Nc1nc(Nc2ccc3c(c2)-c2nccn2CCC3)ncc1Cl. The average molecular weight is 480 g/mol. The molecule has 0 atom stereocenters. The molecule has 0 fully saturated rings. The van der Waals surface area contributed by atoms with Gasteiger partial charge in [-0.15, -0.1) is 11.3 Å². The number of rotatable bonds is 5. The second kappa shape index (κ2) is 8.84. The summed E-state index contributed by atoms with van der Waals surface area (Å²) in [5.41, 5.74) is 4.47. The molecule has 168 valence electrons. The molecule has 4 aromatic rings. The minimum absolute atomic E-state index is 0.172. The van der Waals surface area contributed by atoms with Crippen LogP contribution in [0.1, 0.15) is 27.2 Å². The lowest BCUT2D eigenvalue weighted by molar-refractivity contribution is 0.0964. The Morgan fingerprint density at radius 3 is 2.97 bits per heavy atom. The van der Waals surface area contributed by atoms with Crippen LogP contribution in [-0.4, -0.2) is 32.5 Å². The van der Waals surface area contributed by atoms with Gasteiger partial charge in [0, 0.05) is 47.5 Å². The van der Waals surface area contributed by atoms with Crippen LogP contribution >= 0.6 is 22.9 Å². The Balaban J connectivity index is 1.44. The highest BCUT2D eigenvalue weighted by molar-refractivity contribution is 7.10. The lowest BCUT2D eigenvalue weighted by atomic mass is 10.0. The molecule has 0 radical (unpaired) electrons. The first-order valence-corrected chi connectivity index (χ1v) is 11.8. The molecule has 1 aliphatic heterocycles. The Morgan fingerprint density at radius 1 is 1.24 bits per heavy atom. The molecule has 0 bridgehead atoms. The van der Waals surface area contributed by atoms with Crippen molar-refractivity contribution in [3.8, 4) is 11.4 Å². The van der Waals surface area contributed by atoms with Crippen molar-refractivity contribution >= 4 is 52.0 Å². The fourth-order valence-corrected chi connectivity index (χ4v) is 4.87. The number of fused-ring (bicyclic) bond motifs is 3.